The van der Waals surface area contributed by atoms with E-state index in [0.29, 0.717) is 5.56 Å². The number of carbonyl (C=O) groups is 1. The fraction of sp³-hybridized carbons (Fsp3) is 0.250. The van der Waals surface area contributed by atoms with Gasteiger partial charge in [-0.3, -0.25) is 14.5 Å². The molecule has 0 spiro atoms. The molecular weight excluding hydrogens is 216 g/mol. The van der Waals surface area contributed by atoms with Gasteiger partial charge in [0, 0.05) is 31.2 Å². The van der Waals surface area contributed by atoms with Gasteiger partial charge in [-0.25, -0.2) is 0 Å². The van der Waals surface area contributed by atoms with Gasteiger partial charge in [-0.2, -0.15) is 5.10 Å². The molecule has 2 aromatic rings. The maximum Gasteiger partial charge on any atom is 0.253 e. The topological polar surface area (TPSA) is 59.8 Å². The highest BCUT2D eigenvalue weighted by Crippen LogP contribution is 2.11. The van der Waals surface area contributed by atoms with E-state index in [2.05, 4.69) is 15.4 Å². The normalized spacial score (nSPS) is 12.1. The summed E-state index contributed by atoms with van der Waals surface area (Å²) in [6.45, 7) is 1.92. The van der Waals surface area contributed by atoms with Crippen molar-refractivity contribution >= 4 is 5.91 Å². The van der Waals surface area contributed by atoms with E-state index in [9.17, 15) is 4.79 Å². The van der Waals surface area contributed by atoms with Crippen LogP contribution in [0.3, 0.4) is 0 Å². The molecule has 88 valence electrons. The Morgan fingerprint density at radius 2 is 2.29 bits per heavy atom. The Kier molecular flexibility index (Phi) is 3.18. The predicted molar refractivity (Wildman–Crippen MR) is 63.3 cm³/mol. The molecule has 0 aromatic carbocycles. The van der Waals surface area contributed by atoms with Gasteiger partial charge in [0.25, 0.3) is 5.91 Å². The van der Waals surface area contributed by atoms with Crippen LogP contribution >= 0.6 is 0 Å². The molecule has 0 fully saturated rings. The van der Waals surface area contributed by atoms with Crippen LogP contribution in [0.15, 0.2) is 36.9 Å². The second-order valence-electron chi connectivity index (χ2n) is 3.88. The van der Waals surface area contributed by atoms with E-state index in [1.54, 1.807) is 35.4 Å². The molecule has 2 heterocycles. The number of nitrogens with one attached hydrogen (secondary N) is 1. The van der Waals surface area contributed by atoms with Crippen LogP contribution in [0.25, 0.3) is 0 Å². The third kappa shape index (κ3) is 2.69. The Bertz CT molecular complexity index is 506. The van der Waals surface area contributed by atoms with Crippen LogP contribution in [-0.4, -0.2) is 20.7 Å². The zero-order valence-electron chi connectivity index (χ0n) is 9.79. The highest BCUT2D eigenvalue weighted by atomic mass is 16.1. The van der Waals surface area contributed by atoms with Crippen LogP contribution < -0.4 is 5.32 Å². The van der Waals surface area contributed by atoms with Crippen molar-refractivity contribution in [2.45, 2.75) is 13.0 Å². The number of hydrogen-bond donors (Lipinski definition) is 1. The Morgan fingerprint density at radius 3 is 2.88 bits per heavy atom. The van der Waals surface area contributed by atoms with Gasteiger partial charge >= 0.3 is 0 Å². The summed E-state index contributed by atoms with van der Waals surface area (Å²) in [5, 5.41) is 6.96. The lowest BCUT2D eigenvalue weighted by Gasteiger charge is -2.11. The third-order valence-corrected chi connectivity index (χ3v) is 2.50. The second-order valence-corrected chi connectivity index (χ2v) is 3.88. The standard InChI is InChI=1S/C12H14N4O/c1-9(11-7-14-16(2)8-11)15-12(17)10-4-3-5-13-6-10/h3-9H,1-2H3,(H,15,17). The van der Waals surface area contributed by atoms with Crippen molar-refractivity contribution in [1.82, 2.24) is 20.1 Å². The van der Waals surface area contributed by atoms with Crippen LogP contribution in [0, 0.1) is 0 Å². The molecule has 1 atom stereocenters. The van der Waals surface area contributed by atoms with E-state index >= 15 is 0 Å². The summed E-state index contributed by atoms with van der Waals surface area (Å²) in [4.78, 5) is 15.8. The lowest BCUT2D eigenvalue weighted by Crippen LogP contribution is -2.26. The van der Waals surface area contributed by atoms with Crippen LogP contribution in [0.4, 0.5) is 0 Å². The minimum Gasteiger partial charge on any atom is -0.345 e. The van der Waals surface area contributed by atoms with E-state index in [1.165, 1.54) is 0 Å². The molecule has 5 heteroatoms. The molecule has 1 amide bonds. The molecule has 0 saturated heterocycles. The van der Waals surface area contributed by atoms with Crippen LogP contribution in [0.1, 0.15) is 28.9 Å². The zero-order chi connectivity index (χ0) is 12.3. The molecule has 5 nitrogen and oxygen atoms in total. The Hall–Kier alpha value is -2.17. The van der Waals surface area contributed by atoms with Crippen molar-refractivity contribution < 1.29 is 4.79 Å². The molecule has 0 aliphatic carbocycles. The van der Waals surface area contributed by atoms with Crippen molar-refractivity contribution in [3.05, 3.63) is 48.0 Å². The average Bonchev–Trinajstić information content (AvgIpc) is 2.77. The molecular formula is C12H14N4O. The van der Waals surface area contributed by atoms with E-state index in [-0.39, 0.29) is 11.9 Å². The van der Waals surface area contributed by atoms with E-state index < -0.39 is 0 Å². The lowest BCUT2D eigenvalue weighted by molar-refractivity contribution is 0.0939. The van der Waals surface area contributed by atoms with Gasteiger partial charge in [0.15, 0.2) is 0 Å². The number of hydrogen-bond acceptors (Lipinski definition) is 3. The molecule has 2 aromatic heterocycles. The molecule has 0 aliphatic rings. The summed E-state index contributed by atoms with van der Waals surface area (Å²) >= 11 is 0. The lowest BCUT2D eigenvalue weighted by atomic mass is 10.2. The molecule has 0 saturated carbocycles. The second kappa shape index (κ2) is 4.78. The van der Waals surface area contributed by atoms with E-state index in [0.717, 1.165) is 5.56 Å². The maximum atomic E-state index is 11.9. The molecule has 0 radical (unpaired) electrons. The Labute approximate surface area is 99.5 Å². The molecule has 17 heavy (non-hydrogen) atoms. The van der Waals surface area contributed by atoms with Crippen molar-refractivity contribution in [3.63, 3.8) is 0 Å². The van der Waals surface area contributed by atoms with Crippen LogP contribution in [0.2, 0.25) is 0 Å². The summed E-state index contributed by atoms with van der Waals surface area (Å²) in [6, 6.07) is 3.40. The number of pyridine rings is 1. The summed E-state index contributed by atoms with van der Waals surface area (Å²) in [7, 11) is 1.85. The quantitative estimate of drug-likeness (QED) is 0.864. The number of aryl methyl sites for hydroxylation is 1. The predicted octanol–water partition coefficient (Wildman–Crippen LogP) is 1.31. The highest BCUT2D eigenvalue weighted by molar-refractivity contribution is 5.94. The zero-order valence-corrected chi connectivity index (χ0v) is 9.79. The first kappa shape index (κ1) is 11.3. The van der Waals surface area contributed by atoms with Crippen molar-refractivity contribution in [3.8, 4) is 0 Å². The van der Waals surface area contributed by atoms with Crippen molar-refractivity contribution in [2.75, 3.05) is 0 Å². The largest absolute Gasteiger partial charge is 0.345 e. The van der Waals surface area contributed by atoms with Gasteiger partial charge < -0.3 is 5.32 Å². The van der Waals surface area contributed by atoms with Gasteiger partial charge in [-0.15, -0.1) is 0 Å². The fourth-order valence-corrected chi connectivity index (χ4v) is 1.52. The summed E-state index contributed by atoms with van der Waals surface area (Å²) in [5.41, 5.74) is 1.54. The molecule has 0 bridgehead atoms. The smallest absolute Gasteiger partial charge is 0.253 e. The van der Waals surface area contributed by atoms with Gasteiger partial charge in [0.2, 0.25) is 0 Å². The SMILES string of the molecule is CC(NC(=O)c1cccnc1)c1cnn(C)c1. The number of amides is 1. The number of nitrogens with zero attached hydrogens (tertiary/aromatic N) is 3. The van der Waals surface area contributed by atoms with E-state index in [1.807, 2.05) is 20.2 Å². The maximum absolute atomic E-state index is 11.9. The monoisotopic (exact) mass is 230 g/mol. The van der Waals surface area contributed by atoms with Crippen LogP contribution in [0.5, 0.6) is 0 Å². The van der Waals surface area contributed by atoms with E-state index in [4.69, 9.17) is 0 Å². The molecule has 0 aliphatic heterocycles. The molecule has 1 N–H and O–H groups in total. The molecule has 1 unspecified atom stereocenters. The third-order valence-electron chi connectivity index (χ3n) is 2.50. The van der Waals surface area contributed by atoms with Crippen molar-refractivity contribution in [2.24, 2.45) is 7.05 Å². The number of rotatable bonds is 3. The fourth-order valence-electron chi connectivity index (χ4n) is 1.52. The first-order valence-corrected chi connectivity index (χ1v) is 5.36. The van der Waals surface area contributed by atoms with Crippen LogP contribution in [-0.2, 0) is 7.05 Å². The summed E-state index contributed by atoms with van der Waals surface area (Å²) in [6.07, 6.45) is 6.81. The number of aromatic nitrogens is 3. The first-order chi connectivity index (χ1) is 8.16. The minimum atomic E-state index is -0.130. The Morgan fingerprint density at radius 1 is 1.47 bits per heavy atom. The van der Waals surface area contributed by atoms with Gasteiger partial charge in [-0.05, 0) is 19.1 Å². The summed E-state index contributed by atoms with van der Waals surface area (Å²) in [5.74, 6) is -0.130. The first-order valence-electron chi connectivity index (χ1n) is 5.36. The average molecular weight is 230 g/mol. The summed E-state index contributed by atoms with van der Waals surface area (Å²) < 4.78 is 1.71. The number of carbonyl (C=O) groups excluding carboxylic acids is 1. The molecule has 2 rings (SSSR count). The van der Waals surface area contributed by atoms with Gasteiger partial charge in [0.05, 0.1) is 17.8 Å². The Balaban J connectivity index is 2.04. The van der Waals surface area contributed by atoms with Gasteiger partial charge in [-0.1, -0.05) is 0 Å². The minimum absolute atomic E-state index is 0.0728. The highest BCUT2D eigenvalue weighted by Gasteiger charge is 2.12. The van der Waals surface area contributed by atoms with Crippen molar-refractivity contribution in [1.29, 1.82) is 0 Å². The van der Waals surface area contributed by atoms with Gasteiger partial charge in [0.1, 0.15) is 0 Å².